The highest BCUT2D eigenvalue weighted by Gasteiger charge is 2.02. The van der Waals surface area contributed by atoms with Crippen LogP contribution in [0.2, 0.25) is 0 Å². The van der Waals surface area contributed by atoms with E-state index in [1.54, 1.807) is 5.54 Å². The highest BCUT2D eigenvalue weighted by atomic mass is 35.5. The Morgan fingerprint density at radius 2 is 2.06 bits per heavy atom. The summed E-state index contributed by atoms with van der Waals surface area (Å²) in [6.07, 6.45) is 1.04. The van der Waals surface area contributed by atoms with Gasteiger partial charge in [0, 0.05) is 11.6 Å². The molecule has 1 atom stereocenters. The number of hydrogen-bond acceptors (Lipinski definition) is 2. The smallest absolute Gasteiger partial charge is 0.119 e. The molecule has 1 aromatic rings. The van der Waals surface area contributed by atoms with Crippen LogP contribution in [0.3, 0.4) is 0 Å². The molecular weight excluding hydrogens is 246 g/mol. The number of nitrogens with one attached hydrogen (secondary N) is 1. The quantitative estimate of drug-likeness (QED) is 0.812. The molecule has 0 fully saturated rings. The van der Waals surface area contributed by atoms with E-state index in [0.29, 0.717) is 12.6 Å². The molecule has 0 bridgehead atoms. The van der Waals surface area contributed by atoms with Gasteiger partial charge < -0.3 is 10.1 Å². The van der Waals surface area contributed by atoms with Gasteiger partial charge in [0.2, 0.25) is 0 Å². The van der Waals surface area contributed by atoms with Crippen molar-refractivity contribution in [1.29, 1.82) is 0 Å². The van der Waals surface area contributed by atoms with E-state index < -0.39 is 0 Å². The molecule has 0 radical (unpaired) electrons. The molecule has 1 unspecified atom stereocenters. The van der Waals surface area contributed by atoms with Crippen LogP contribution >= 0.6 is 11.6 Å². The normalized spacial score (nSPS) is 13.4. The lowest BCUT2D eigenvalue weighted by molar-refractivity contribution is 0.352. The molecule has 0 saturated carbocycles. The Morgan fingerprint density at radius 1 is 1.39 bits per heavy atom. The van der Waals surface area contributed by atoms with Crippen LogP contribution in [0.15, 0.2) is 35.4 Å². The van der Waals surface area contributed by atoms with Crippen LogP contribution in [0.25, 0.3) is 0 Å². The number of benzene rings is 1. The van der Waals surface area contributed by atoms with Crippen LogP contribution in [0, 0.1) is 0 Å². The van der Waals surface area contributed by atoms with Gasteiger partial charge in [0.25, 0.3) is 0 Å². The maximum absolute atomic E-state index is 5.60. The number of likely N-dealkylation sites (N-methyl/N-ethyl adjacent to an activating group) is 1. The molecule has 3 heteroatoms. The predicted octanol–water partition coefficient (Wildman–Crippen LogP) is 3.75. The largest absolute Gasteiger partial charge is 0.489 e. The SMILES string of the molecule is CCNC(C)Cc1ccc(OC/C(C)=C/Cl)cc1. The highest BCUT2D eigenvalue weighted by molar-refractivity contribution is 6.25. The minimum atomic E-state index is 0.503. The predicted molar refractivity (Wildman–Crippen MR) is 78.4 cm³/mol. The van der Waals surface area contributed by atoms with Crippen molar-refractivity contribution in [3.05, 3.63) is 40.9 Å². The van der Waals surface area contributed by atoms with E-state index in [1.807, 2.05) is 19.1 Å². The molecule has 0 aromatic heterocycles. The maximum Gasteiger partial charge on any atom is 0.119 e. The monoisotopic (exact) mass is 267 g/mol. The number of ether oxygens (including phenoxy) is 1. The Morgan fingerprint density at radius 3 is 2.61 bits per heavy atom. The van der Waals surface area contributed by atoms with Crippen molar-refractivity contribution in [2.75, 3.05) is 13.2 Å². The van der Waals surface area contributed by atoms with Crippen molar-refractivity contribution in [1.82, 2.24) is 5.32 Å². The van der Waals surface area contributed by atoms with Crippen molar-refractivity contribution in [2.24, 2.45) is 0 Å². The lowest BCUT2D eigenvalue weighted by Gasteiger charge is -2.12. The van der Waals surface area contributed by atoms with Crippen LogP contribution in [-0.4, -0.2) is 19.2 Å². The van der Waals surface area contributed by atoms with Crippen molar-refractivity contribution < 1.29 is 4.74 Å². The molecule has 1 rings (SSSR count). The van der Waals surface area contributed by atoms with Crippen molar-refractivity contribution in [2.45, 2.75) is 33.2 Å². The van der Waals surface area contributed by atoms with Crippen LogP contribution in [-0.2, 0) is 6.42 Å². The van der Waals surface area contributed by atoms with Gasteiger partial charge in [0.1, 0.15) is 12.4 Å². The van der Waals surface area contributed by atoms with Crippen LogP contribution in [0.4, 0.5) is 0 Å². The van der Waals surface area contributed by atoms with E-state index in [1.165, 1.54) is 5.56 Å². The molecule has 1 N–H and O–H groups in total. The third kappa shape index (κ3) is 5.56. The summed E-state index contributed by atoms with van der Waals surface area (Å²) in [6, 6.07) is 8.75. The molecule has 0 aliphatic heterocycles. The van der Waals surface area contributed by atoms with Gasteiger partial charge in [-0.1, -0.05) is 30.7 Å². The molecule has 0 aliphatic rings. The minimum Gasteiger partial charge on any atom is -0.489 e. The van der Waals surface area contributed by atoms with E-state index in [4.69, 9.17) is 16.3 Å². The Labute approximate surface area is 115 Å². The first-order valence-corrected chi connectivity index (χ1v) is 6.80. The average molecular weight is 268 g/mol. The molecule has 18 heavy (non-hydrogen) atoms. The van der Waals surface area contributed by atoms with Crippen molar-refractivity contribution >= 4 is 11.6 Å². The lowest BCUT2D eigenvalue weighted by atomic mass is 10.1. The van der Waals surface area contributed by atoms with Gasteiger partial charge >= 0.3 is 0 Å². The zero-order valence-electron chi connectivity index (χ0n) is 11.4. The van der Waals surface area contributed by atoms with E-state index in [2.05, 4.69) is 31.3 Å². The highest BCUT2D eigenvalue weighted by Crippen LogP contribution is 2.14. The van der Waals surface area contributed by atoms with E-state index >= 15 is 0 Å². The summed E-state index contributed by atoms with van der Waals surface area (Å²) in [6.45, 7) is 7.81. The van der Waals surface area contributed by atoms with Gasteiger partial charge in [-0.25, -0.2) is 0 Å². The van der Waals surface area contributed by atoms with Gasteiger partial charge in [-0.05, 0) is 50.1 Å². The first-order chi connectivity index (χ1) is 8.65. The molecule has 2 nitrogen and oxygen atoms in total. The number of hydrogen-bond donors (Lipinski definition) is 1. The van der Waals surface area contributed by atoms with Gasteiger partial charge in [-0.2, -0.15) is 0 Å². The molecule has 0 aliphatic carbocycles. The van der Waals surface area contributed by atoms with Crippen LogP contribution < -0.4 is 10.1 Å². The summed E-state index contributed by atoms with van der Waals surface area (Å²) in [5, 5.41) is 3.40. The molecule has 0 spiro atoms. The van der Waals surface area contributed by atoms with E-state index in [-0.39, 0.29) is 0 Å². The van der Waals surface area contributed by atoms with E-state index in [0.717, 1.165) is 24.3 Å². The van der Waals surface area contributed by atoms with Gasteiger partial charge in [0.05, 0.1) is 0 Å². The number of halogens is 1. The maximum atomic E-state index is 5.60. The first kappa shape index (κ1) is 15.1. The Bertz CT molecular complexity index is 373. The molecular formula is C15H22ClNO. The average Bonchev–Trinajstić information content (AvgIpc) is 2.37. The molecule has 0 saturated heterocycles. The first-order valence-electron chi connectivity index (χ1n) is 6.36. The van der Waals surface area contributed by atoms with Crippen LogP contribution in [0.1, 0.15) is 26.3 Å². The summed E-state index contributed by atoms with van der Waals surface area (Å²) in [7, 11) is 0. The fourth-order valence-corrected chi connectivity index (χ4v) is 1.79. The second-order valence-electron chi connectivity index (χ2n) is 4.55. The van der Waals surface area contributed by atoms with Gasteiger partial charge in [-0.15, -0.1) is 0 Å². The zero-order chi connectivity index (χ0) is 13.4. The second kappa shape index (κ2) is 8.17. The molecule has 1 aromatic carbocycles. The second-order valence-corrected chi connectivity index (χ2v) is 4.77. The standard InChI is InChI=1S/C15H22ClNO/c1-4-17-13(3)9-14-5-7-15(8-6-14)18-11-12(2)10-16/h5-8,10,13,17H,4,9,11H2,1-3H3/b12-10+. The lowest BCUT2D eigenvalue weighted by Crippen LogP contribution is -2.27. The zero-order valence-corrected chi connectivity index (χ0v) is 12.1. The Kier molecular flexibility index (Phi) is 6.84. The van der Waals surface area contributed by atoms with Crippen molar-refractivity contribution in [3.8, 4) is 5.75 Å². The molecule has 100 valence electrons. The van der Waals surface area contributed by atoms with Crippen LogP contribution in [0.5, 0.6) is 5.75 Å². The summed E-state index contributed by atoms with van der Waals surface area (Å²) in [5.41, 5.74) is 3.88. The summed E-state index contributed by atoms with van der Waals surface area (Å²) in [5.74, 6) is 0.882. The minimum absolute atomic E-state index is 0.503. The topological polar surface area (TPSA) is 21.3 Å². The Balaban J connectivity index is 2.47. The molecule has 0 heterocycles. The summed E-state index contributed by atoms with van der Waals surface area (Å²) < 4.78 is 5.60. The fraction of sp³-hybridized carbons (Fsp3) is 0.467. The Hall–Kier alpha value is -0.990. The van der Waals surface area contributed by atoms with Crippen molar-refractivity contribution in [3.63, 3.8) is 0 Å². The third-order valence-electron chi connectivity index (χ3n) is 2.67. The molecule has 0 amide bonds. The third-order valence-corrected chi connectivity index (χ3v) is 3.04. The van der Waals surface area contributed by atoms with Gasteiger partial charge in [-0.3, -0.25) is 0 Å². The fourth-order valence-electron chi connectivity index (χ4n) is 1.72. The number of rotatable bonds is 7. The summed E-state index contributed by atoms with van der Waals surface area (Å²) in [4.78, 5) is 0. The van der Waals surface area contributed by atoms with Gasteiger partial charge in [0.15, 0.2) is 0 Å². The van der Waals surface area contributed by atoms with E-state index in [9.17, 15) is 0 Å². The summed E-state index contributed by atoms with van der Waals surface area (Å²) >= 11 is 5.58.